The van der Waals surface area contributed by atoms with E-state index in [9.17, 15) is 27.6 Å². The summed E-state index contributed by atoms with van der Waals surface area (Å²) in [5.41, 5.74) is 1.79. The van der Waals surface area contributed by atoms with Gasteiger partial charge >= 0.3 is 6.18 Å². The Labute approximate surface area is 242 Å². The van der Waals surface area contributed by atoms with Crippen molar-refractivity contribution < 1.29 is 27.6 Å². The topological polar surface area (TPSA) is 71.4 Å². The van der Waals surface area contributed by atoms with Crippen LogP contribution in [0.25, 0.3) is 27.8 Å². The van der Waals surface area contributed by atoms with E-state index < -0.39 is 35.3 Å². The summed E-state index contributed by atoms with van der Waals surface area (Å²) in [6.07, 6.45) is -1.01. The van der Waals surface area contributed by atoms with Crippen molar-refractivity contribution in [1.82, 2.24) is 9.47 Å². The minimum Gasteiger partial charge on any atom is -0.342 e. The number of anilines is 1. The molecule has 2 heterocycles. The minimum atomic E-state index is -4.57. The molecule has 1 aromatic heterocycles. The molecule has 1 aliphatic heterocycles. The Morgan fingerprint density at radius 2 is 1.64 bits per heavy atom. The molecule has 0 radical (unpaired) electrons. The summed E-state index contributed by atoms with van der Waals surface area (Å²) < 4.78 is 41.1. The third kappa shape index (κ3) is 5.53. The molecule has 0 atom stereocenters. The van der Waals surface area contributed by atoms with Crippen molar-refractivity contribution in [2.45, 2.75) is 12.7 Å². The highest BCUT2D eigenvalue weighted by Gasteiger charge is 2.37. The monoisotopic (exact) mass is 585 g/mol. The SMILES string of the molecule is O=C(CN1C(=O)S/C(=C\c2cn(Cc3ccc4ccccc4c3)c3ccccc23)C1=O)Nc1cccc(C(F)(F)F)c1. The van der Waals surface area contributed by atoms with Gasteiger partial charge in [-0.3, -0.25) is 19.3 Å². The number of hydrogen-bond acceptors (Lipinski definition) is 4. The van der Waals surface area contributed by atoms with Gasteiger partial charge in [-0.25, -0.2) is 0 Å². The lowest BCUT2D eigenvalue weighted by Gasteiger charge is -2.13. The fraction of sp³-hybridized carbons (Fsp3) is 0.0938. The molecule has 1 N–H and O–H groups in total. The Morgan fingerprint density at radius 1 is 0.881 bits per heavy atom. The molecule has 10 heteroatoms. The number of rotatable bonds is 6. The number of amides is 3. The summed E-state index contributed by atoms with van der Waals surface area (Å²) in [5, 5.41) is 4.88. The van der Waals surface area contributed by atoms with Gasteiger partial charge in [-0.05, 0) is 64.5 Å². The number of nitrogens with one attached hydrogen (secondary N) is 1. The summed E-state index contributed by atoms with van der Waals surface area (Å²) in [6, 6.07) is 26.3. The van der Waals surface area contributed by atoms with Crippen molar-refractivity contribution >= 4 is 62.3 Å². The molecule has 6 rings (SSSR count). The number of alkyl halides is 3. The maximum absolute atomic E-state index is 13.1. The molecule has 6 nitrogen and oxygen atoms in total. The quantitative estimate of drug-likeness (QED) is 0.209. The molecular weight excluding hydrogens is 563 g/mol. The molecule has 0 unspecified atom stereocenters. The van der Waals surface area contributed by atoms with Gasteiger partial charge in [0.05, 0.1) is 10.5 Å². The van der Waals surface area contributed by atoms with Gasteiger partial charge in [-0.1, -0.05) is 60.7 Å². The van der Waals surface area contributed by atoms with Gasteiger partial charge in [0.25, 0.3) is 11.1 Å². The fourth-order valence-electron chi connectivity index (χ4n) is 4.95. The Hall–Kier alpha value is -4.83. The van der Waals surface area contributed by atoms with Gasteiger partial charge < -0.3 is 9.88 Å². The second kappa shape index (κ2) is 10.9. The maximum Gasteiger partial charge on any atom is 0.416 e. The molecule has 0 bridgehead atoms. The van der Waals surface area contributed by atoms with Crippen molar-refractivity contribution in [2.75, 3.05) is 11.9 Å². The van der Waals surface area contributed by atoms with Gasteiger partial charge in [-0.2, -0.15) is 13.2 Å². The molecule has 1 fully saturated rings. The Bertz CT molecular complexity index is 1910. The third-order valence-electron chi connectivity index (χ3n) is 6.92. The summed E-state index contributed by atoms with van der Waals surface area (Å²) in [7, 11) is 0. The molecular formula is C32H22F3N3O3S. The number of thioether (sulfide) groups is 1. The Kier molecular flexibility index (Phi) is 7.07. The van der Waals surface area contributed by atoms with Gasteiger partial charge in [0.1, 0.15) is 6.54 Å². The highest BCUT2D eigenvalue weighted by atomic mass is 32.2. The van der Waals surface area contributed by atoms with Crippen LogP contribution < -0.4 is 5.32 Å². The van der Waals surface area contributed by atoms with E-state index in [0.29, 0.717) is 18.3 Å². The largest absolute Gasteiger partial charge is 0.416 e. The highest BCUT2D eigenvalue weighted by molar-refractivity contribution is 8.18. The van der Waals surface area contributed by atoms with Crippen LogP contribution in [0, 0.1) is 0 Å². The predicted octanol–water partition coefficient (Wildman–Crippen LogP) is 7.54. The first-order valence-corrected chi connectivity index (χ1v) is 13.8. The number of nitrogens with zero attached hydrogens (tertiary/aromatic N) is 2. The Balaban J connectivity index is 1.22. The number of imide groups is 1. The summed E-state index contributed by atoms with van der Waals surface area (Å²) in [4.78, 5) is 39.3. The molecule has 0 saturated carbocycles. The number of benzene rings is 4. The summed E-state index contributed by atoms with van der Waals surface area (Å²) >= 11 is 0.714. The smallest absolute Gasteiger partial charge is 0.342 e. The van der Waals surface area contributed by atoms with Crippen LogP contribution in [0.15, 0.2) is 102 Å². The summed E-state index contributed by atoms with van der Waals surface area (Å²) in [6.45, 7) is -0.0294. The van der Waals surface area contributed by atoms with Gasteiger partial charge in [-0.15, -0.1) is 0 Å². The van der Waals surface area contributed by atoms with E-state index in [-0.39, 0.29) is 10.6 Å². The van der Waals surface area contributed by atoms with Crippen molar-refractivity contribution in [3.63, 3.8) is 0 Å². The van der Waals surface area contributed by atoms with Crippen molar-refractivity contribution in [3.05, 3.63) is 119 Å². The van der Waals surface area contributed by atoms with Crippen LogP contribution >= 0.6 is 11.8 Å². The fourth-order valence-corrected chi connectivity index (χ4v) is 5.78. The zero-order valence-electron chi connectivity index (χ0n) is 21.9. The predicted molar refractivity (Wildman–Crippen MR) is 158 cm³/mol. The van der Waals surface area contributed by atoms with Crippen LogP contribution in [0.2, 0.25) is 0 Å². The minimum absolute atomic E-state index is 0.0865. The molecule has 5 aromatic rings. The van der Waals surface area contributed by atoms with Crippen LogP contribution in [0.3, 0.4) is 0 Å². The zero-order valence-corrected chi connectivity index (χ0v) is 22.7. The maximum atomic E-state index is 13.1. The van der Waals surface area contributed by atoms with E-state index >= 15 is 0 Å². The van der Waals surface area contributed by atoms with Crippen LogP contribution in [0.1, 0.15) is 16.7 Å². The van der Waals surface area contributed by atoms with Gasteiger partial charge in [0.15, 0.2) is 0 Å². The van der Waals surface area contributed by atoms with Crippen LogP contribution in [0.4, 0.5) is 23.7 Å². The lowest BCUT2D eigenvalue weighted by atomic mass is 10.1. The molecule has 0 aliphatic carbocycles. The molecule has 0 spiro atoms. The average molecular weight is 586 g/mol. The number of para-hydroxylation sites is 1. The number of hydrogen-bond donors (Lipinski definition) is 1. The normalized spacial score (nSPS) is 14.8. The van der Waals surface area contributed by atoms with Crippen LogP contribution in [-0.4, -0.2) is 33.1 Å². The molecule has 4 aromatic carbocycles. The zero-order chi connectivity index (χ0) is 29.4. The second-order valence-corrected chi connectivity index (χ2v) is 10.8. The first kappa shape index (κ1) is 27.3. The summed E-state index contributed by atoms with van der Waals surface area (Å²) in [5.74, 6) is -1.43. The lowest BCUT2D eigenvalue weighted by Crippen LogP contribution is -2.36. The average Bonchev–Trinajstić information content (AvgIpc) is 3.44. The van der Waals surface area contributed by atoms with E-state index in [1.54, 1.807) is 6.08 Å². The number of aromatic nitrogens is 1. The Morgan fingerprint density at radius 3 is 2.45 bits per heavy atom. The van der Waals surface area contributed by atoms with Crippen molar-refractivity contribution in [2.24, 2.45) is 0 Å². The first-order valence-electron chi connectivity index (χ1n) is 12.9. The van der Waals surface area contributed by atoms with Crippen LogP contribution in [0.5, 0.6) is 0 Å². The molecule has 3 amide bonds. The van der Waals surface area contributed by atoms with Crippen molar-refractivity contribution in [1.29, 1.82) is 0 Å². The van der Waals surface area contributed by atoms with E-state index in [2.05, 4.69) is 40.2 Å². The van der Waals surface area contributed by atoms with E-state index in [4.69, 9.17) is 0 Å². The number of carbonyl (C=O) groups excluding carboxylic acids is 3. The number of carbonyl (C=O) groups is 3. The van der Waals surface area contributed by atoms with E-state index in [1.807, 2.05) is 42.6 Å². The standard InChI is InChI=1S/C32H22F3N3O3S/c33-32(34,35)24-8-5-9-25(16-24)36-29(39)19-38-30(40)28(42-31(38)41)15-23-18-37(27-11-4-3-10-26(23)27)17-20-12-13-21-6-1-2-7-22(21)14-20/h1-16,18H,17,19H2,(H,36,39)/b28-15-. The van der Waals surface area contributed by atoms with Crippen LogP contribution in [-0.2, 0) is 22.3 Å². The second-order valence-electron chi connectivity index (χ2n) is 9.81. The third-order valence-corrected chi connectivity index (χ3v) is 7.83. The number of halogens is 3. The molecule has 1 saturated heterocycles. The first-order chi connectivity index (χ1) is 20.2. The number of fused-ring (bicyclic) bond motifs is 2. The molecule has 210 valence electrons. The van der Waals surface area contributed by atoms with Crippen molar-refractivity contribution in [3.8, 4) is 0 Å². The lowest BCUT2D eigenvalue weighted by molar-refractivity contribution is -0.137. The highest BCUT2D eigenvalue weighted by Crippen LogP contribution is 2.35. The van der Waals surface area contributed by atoms with E-state index in [0.717, 1.165) is 55.9 Å². The van der Waals surface area contributed by atoms with Gasteiger partial charge in [0.2, 0.25) is 5.91 Å². The van der Waals surface area contributed by atoms with E-state index in [1.165, 1.54) is 6.07 Å². The molecule has 42 heavy (non-hydrogen) atoms. The molecule has 1 aliphatic rings. The van der Waals surface area contributed by atoms with Gasteiger partial charge in [0, 0.05) is 34.9 Å².